The summed E-state index contributed by atoms with van der Waals surface area (Å²) in [7, 11) is 0. The van der Waals surface area contributed by atoms with Crippen LogP contribution in [0.4, 0.5) is 5.95 Å². The first-order valence-electron chi connectivity index (χ1n) is 5.18. The van der Waals surface area contributed by atoms with E-state index in [9.17, 15) is 0 Å². The predicted molar refractivity (Wildman–Crippen MR) is 60.6 cm³/mol. The average molecular weight is 209 g/mol. The van der Waals surface area contributed by atoms with Gasteiger partial charge in [-0.1, -0.05) is 13.8 Å². The number of aryl methyl sites for hydroxylation is 2. The molecule has 0 aliphatic heterocycles. The molecule has 0 radical (unpaired) electrons. The minimum Gasteiger partial charge on any atom is -0.351 e. The van der Waals surface area contributed by atoms with Gasteiger partial charge in [-0.05, 0) is 19.8 Å². The van der Waals surface area contributed by atoms with E-state index in [1.165, 1.54) is 0 Å². The van der Waals surface area contributed by atoms with Crippen LogP contribution < -0.4 is 11.1 Å². The fourth-order valence-corrected chi connectivity index (χ4v) is 0.977. The molecule has 1 heterocycles. The van der Waals surface area contributed by atoms with E-state index in [-0.39, 0.29) is 6.04 Å². The average Bonchev–Trinajstić information content (AvgIpc) is 2.19. The van der Waals surface area contributed by atoms with Gasteiger partial charge in [0.2, 0.25) is 5.95 Å². The van der Waals surface area contributed by atoms with Crippen molar-refractivity contribution in [3.05, 3.63) is 11.4 Å². The van der Waals surface area contributed by atoms with Crippen molar-refractivity contribution in [2.75, 3.05) is 11.9 Å². The molecule has 0 fully saturated rings. The van der Waals surface area contributed by atoms with Crippen molar-refractivity contribution in [3.8, 4) is 0 Å². The maximum atomic E-state index is 5.89. The van der Waals surface area contributed by atoms with Crippen molar-refractivity contribution >= 4 is 5.95 Å². The van der Waals surface area contributed by atoms with Crippen molar-refractivity contribution in [1.82, 2.24) is 15.2 Å². The maximum Gasteiger partial charge on any atom is 0.243 e. The summed E-state index contributed by atoms with van der Waals surface area (Å²) in [5.74, 6) is 0.992. The molecule has 0 aliphatic carbocycles. The standard InChI is InChI=1S/C10H19N5/c1-6(2)9(11)5-12-10-13-7(3)8(4)14-15-10/h6,9H,5,11H2,1-4H3,(H,12,13,15). The van der Waals surface area contributed by atoms with Gasteiger partial charge in [0.15, 0.2) is 0 Å². The molecule has 0 amide bonds. The Morgan fingerprint density at radius 1 is 1.20 bits per heavy atom. The van der Waals surface area contributed by atoms with Gasteiger partial charge in [-0.3, -0.25) is 0 Å². The zero-order chi connectivity index (χ0) is 11.4. The van der Waals surface area contributed by atoms with E-state index in [1.54, 1.807) is 0 Å². The second kappa shape index (κ2) is 5.02. The molecular weight excluding hydrogens is 190 g/mol. The molecule has 1 aromatic heterocycles. The topological polar surface area (TPSA) is 76.7 Å². The van der Waals surface area contributed by atoms with Crippen molar-refractivity contribution in [3.63, 3.8) is 0 Å². The summed E-state index contributed by atoms with van der Waals surface area (Å²) in [6.45, 7) is 8.65. The highest BCUT2D eigenvalue weighted by atomic mass is 15.2. The lowest BCUT2D eigenvalue weighted by Gasteiger charge is -2.15. The maximum absolute atomic E-state index is 5.89. The molecule has 5 nitrogen and oxygen atoms in total. The van der Waals surface area contributed by atoms with E-state index in [1.807, 2.05) is 13.8 Å². The fourth-order valence-electron chi connectivity index (χ4n) is 0.977. The van der Waals surface area contributed by atoms with Gasteiger partial charge in [0.1, 0.15) is 0 Å². The molecule has 0 bridgehead atoms. The molecule has 0 spiro atoms. The molecule has 1 unspecified atom stereocenters. The van der Waals surface area contributed by atoms with Crippen LogP contribution in [0.5, 0.6) is 0 Å². The Morgan fingerprint density at radius 2 is 1.87 bits per heavy atom. The van der Waals surface area contributed by atoms with Crippen molar-refractivity contribution < 1.29 is 0 Å². The summed E-state index contributed by atoms with van der Waals surface area (Å²) in [6.07, 6.45) is 0. The molecule has 5 heteroatoms. The van der Waals surface area contributed by atoms with Crippen LogP contribution in [0.2, 0.25) is 0 Å². The van der Waals surface area contributed by atoms with E-state index < -0.39 is 0 Å². The van der Waals surface area contributed by atoms with Crippen LogP contribution in [0, 0.1) is 19.8 Å². The Balaban J connectivity index is 2.55. The molecular formula is C10H19N5. The van der Waals surface area contributed by atoms with Crippen LogP contribution in [-0.2, 0) is 0 Å². The van der Waals surface area contributed by atoms with Gasteiger partial charge in [0, 0.05) is 12.6 Å². The number of hydrogen-bond acceptors (Lipinski definition) is 5. The molecule has 1 atom stereocenters. The molecule has 0 saturated heterocycles. The largest absolute Gasteiger partial charge is 0.351 e. The molecule has 1 rings (SSSR count). The lowest BCUT2D eigenvalue weighted by atomic mass is 10.1. The number of aromatic nitrogens is 3. The Bertz CT molecular complexity index is 324. The quantitative estimate of drug-likeness (QED) is 0.770. The van der Waals surface area contributed by atoms with Gasteiger partial charge in [0.25, 0.3) is 0 Å². The number of nitrogens with zero attached hydrogens (tertiary/aromatic N) is 3. The van der Waals surface area contributed by atoms with Crippen LogP contribution in [0.1, 0.15) is 25.2 Å². The molecule has 84 valence electrons. The highest BCUT2D eigenvalue weighted by Gasteiger charge is 2.08. The Morgan fingerprint density at radius 3 is 2.40 bits per heavy atom. The number of anilines is 1. The normalized spacial score (nSPS) is 12.9. The number of nitrogens with one attached hydrogen (secondary N) is 1. The highest BCUT2D eigenvalue weighted by molar-refractivity contribution is 5.24. The second-order valence-electron chi connectivity index (χ2n) is 4.10. The first-order chi connectivity index (χ1) is 7.00. The minimum absolute atomic E-state index is 0.107. The van der Waals surface area contributed by atoms with Crippen LogP contribution in [0.3, 0.4) is 0 Å². The van der Waals surface area contributed by atoms with Crippen LogP contribution in [0.15, 0.2) is 0 Å². The van der Waals surface area contributed by atoms with Crippen LogP contribution >= 0.6 is 0 Å². The minimum atomic E-state index is 0.107. The lowest BCUT2D eigenvalue weighted by Crippen LogP contribution is -2.34. The summed E-state index contributed by atoms with van der Waals surface area (Å²) in [5, 5.41) is 11.0. The Hall–Kier alpha value is -1.23. The van der Waals surface area contributed by atoms with E-state index in [4.69, 9.17) is 5.73 Å². The number of rotatable bonds is 4. The third-order valence-corrected chi connectivity index (χ3v) is 2.44. The van der Waals surface area contributed by atoms with Gasteiger partial charge in [-0.15, -0.1) is 5.10 Å². The van der Waals surface area contributed by atoms with Gasteiger partial charge in [0.05, 0.1) is 11.4 Å². The molecule has 0 aromatic carbocycles. The predicted octanol–water partition coefficient (Wildman–Crippen LogP) is 0.884. The molecule has 0 aliphatic rings. The zero-order valence-corrected chi connectivity index (χ0v) is 9.78. The van der Waals surface area contributed by atoms with Crippen molar-refractivity contribution in [2.45, 2.75) is 33.7 Å². The molecule has 1 aromatic rings. The number of nitrogens with two attached hydrogens (primary N) is 1. The summed E-state index contributed by atoms with van der Waals surface area (Å²) in [4.78, 5) is 4.26. The van der Waals surface area contributed by atoms with E-state index in [0.29, 0.717) is 18.4 Å². The monoisotopic (exact) mass is 209 g/mol. The van der Waals surface area contributed by atoms with Crippen LogP contribution in [0.25, 0.3) is 0 Å². The Kier molecular flexibility index (Phi) is 3.96. The third kappa shape index (κ3) is 3.43. The third-order valence-electron chi connectivity index (χ3n) is 2.44. The summed E-state index contributed by atoms with van der Waals surface area (Å²) >= 11 is 0. The van der Waals surface area contributed by atoms with Gasteiger partial charge in [-0.2, -0.15) is 5.10 Å². The van der Waals surface area contributed by atoms with Gasteiger partial charge in [-0.25, -0.2) is 4.98 Å². The number of hydrogen-bond donors (Lipinski definition) is 2. The fraction of sp³-hybridized carbons (Fsp3) is 0.700. The van der Waals surface area contributed by atoms with Crippen molar-refractivity contribution in [2.24, 2.45) is 11.7 Å². The van der Waals surface area contributed by atoms with Crippen LogP contribution in [-0.4, -0.2) is 27.8 Å². The zero-order valence-electron chi connectivity index (χ0n) is 9.78. The first kappa shape index (κ1) is 11.8. The van der Waals surface area contributed by atoms with E-state index in [2.05, 4.69) is 34.3 Å². The molecule has 3 N–H and O–H groups in total. The molecule has 0 saturated carbocycles. The first-order valence-corrected chi connectivity index (χ1v) is 5.18. The molecule has 15 heavy (non-hydrogen) atoms. The van der Waals surface area contributed by atoms with Gasteiger partial charge >= 0.3 is 0 Å². The van der Waals surface area contributed by atoms with E-state index in [0.717, 1.165) is 11.4 Å². The lowest BCUT2D eigenvalue weighted by molar-refractivity contribution is 0.510. The van der Waals surface area contributed by atoms with E-state index >= 15 is 0 Å². The summed E-state index contributed by atoms with van der Waals surface area (Å²) < 4.78 is 0. The second-order valence-corrected chi connectivity index (χ2v) is 4.10. The summed E-state index contributed by atoms with van der Waals surface area (Å²) in [5.41, 5.74) is 7.64. The highest BCUT2D eigenvalue weighted by Crippen LogP contribution is 2.03. The van der Waals surface area contributed by atoms with Crippen molar-refractivity contribution in [1.29, 1.82) is 0 Å². The van der Waals surface area contributed by atoms with Gasteiger partial charge < -0.3 is 11.1 Å². The summed E-state index contributed by atoms with van der Waals surface area (Å²) in [6, 6.07) is 0.107. The Labute approximate surface area is 90.5 Å². The SMILES string of the molecule is Cc1nnc(NCC(N)C(C)C)nc1C. The smallest absolute Gasteiger partial charge is 0.243 e.